The van der Waals surface area contributed by atoms with Crippen molar-refractivity contribution in [3.05, 3.63) is 62.6 Å². The largest absolute Gasteiger partial charge is 0.381 e. The highest BCUT2D eigenvalue weighted by atomic mass is 79.9. The summed E-state index contributed by atoms with van der Waals surface area (Å²) in [7, 11) is -2.50. The summed E-state index contributed by atoms with van der Waals surface area (Å²) in [6.45, 7) is 8.98. The van der Waals surface area contributed by atoms with Crippen LogP contribution in [0.15, 0.2) is 45.8 Å². The third kappa shape index (κ3) is 7.17. The summed E-state index contributed by atoms with van der Waals surface area (Å²) in [6.07, 6.45) is 4.05. The predicted octanol–water partition coefficient (Wildman–Crippen LogP) is 4.35. The van der Waals surface area contributed by atoms with Gasteiger partial charge in [0.25, 0.3) is 5.91 Å². The van der Waals surface area contributed by atoms with Gasteiger partial charge in [-0.15, -0.1) is 0 Å². The van der Waals surface area contributed by atoms with Crippen LogP contribution in [0.2, 0.25) is 5.02 Å². The van der Waals surface area contributed by atoms with Crippen LogP contribution in [0.5, 0.6) is 0 Å². The van der Waals surface area contributed by atoms with Gasteiger partial charge >= 0.3 is 0 Å². The second kappa shape index (κ2) is 12.5. The fourth-order valence-electron chi connectivity index (χ4n) is 5.07. The van der Waals surface area contributed by atoms with Gasteiger partial charge in [0.2, 0.25) is 0 Å². The van der Waals surface area contributed by atoms with Gasteiger partial charge < -0.3 is 10.1 Å². The molecule has 0 spiro atoms. The van der Waals surface area contributed by atoms with E-state index in [9.17, 15) is 9.00 Å². The number of thiol groups is 1. The Balaban J connectivity index is 1.37. The molecule has 0 bridgehead atoms. The van der Waals surface area contributed by atoms with E-state index >= 15 is 0 Å². The number of nitrogens with one attached hydrogen (secondary N) is 1. The maximum Gasteiger partial charge on any atom is 0.251 e. The van der Waals surface area contributed by atoms with E-state index in [-0.39, 0.29) is 12.5 Å². The molecule has 2 aromatic rings. The van der Waals surface area contributed by atoms with E-state index in [1.54, 1.807) is 18.4 Å². The molecule has 2 saturated heterocycles. The van der Waals surface area contributed by atoms with E-state index in [0.29, 0.717) is 22.4 Å². The number of hydrogen-bond donors (Lipinski definition) is 2. The van der Waals surface area contributed by atoms with Crippen LogP contribution >= 0.6 is 27.5 Å². The van der Waals surface area contributed by atoms with E-state index in [1.807, 2.05) is 25.1 Å². The topological polar surface area (TPSA) is 61.9 Å². The molecule has 4 rings (SSSR count). The van der Waals surface area contributed by atoms with Crippen LogP contribution < -0.4 is 5.32 Å². The summed E-state index contributed by atoms with van der Waals surface area (Å²) in [5, 5.41) is 3.58. The molecular formula is C27H37BrClN3O3S. The third-order valence-electron chi connectivity index (χ3n) is 7.33. The molecule has 2 aliphatic heterocycles. The molecule has 36 heavy (non-hydrogen) atoms. The van der Waals surface area contributed by atoms with Crippen LogP contribution in [0.25, 0.3) is 0 Å². The molecule has 0 unspecified atom stereocenters. The van der Waals surface area contributed by atoms with Gasteiger partial charge in [-0.2, -0.15) is 0 Å². The molecule has 9 heteroatoms. The lowest BCUT2D eigenvalue weighted by Gasteiger charge is -2.40. The Labute approximate surface area is 229 Å². The number of benzene rings is 2. The van der Waals surface area contributed by atoms with Gasteiger partial charge in [-0.1, -0.05) is 44.4 Å². The van der Waals surface area contributed by atoms with Crippen molar-refractivity contribution in [3.63, 3.8) is 0 Å². The Morgan fingerprint density at radius 3 is 2.56 bits per heavy atom. The van der Waals surface area contributed by atoms with Crippen molar-refractivity contribution in [1.29, 1.82) is 0 Å². The fourth-order valence-corrected chi connectivity index (χ4v) is 7.29. The van der Waals surface area contributed by atoms with Crippen LogP contribution in [-0.2, 0) is 27.8 Å². The second-order valence-corrected chi connectivity index (χ2v) is 14.5. The van der Waals surface area contributed by atoms with Gasteiger partial charge in [-0.25, -0.2) is 0 Å². The number of rotatable bonds is 8. The molecular weight excluding hydrogens is 562 g/mol. The van der Waals surface area contributed by atoms with Crippen LogP contribution in [0.4, 0.5) is 0 Å². The highest BCUT2D eigenvalue weighted by Crippen LogP contribution is 2.25. The molecule has 0 radical (unpaired) electrons. The lowest BCUT2D eigenvalue weighted by Crippen LogP contribution is -2.51. The summed E-state index contributed by atoms with van der Waals surface area (Å²) in [5.41, 5.74) is 2.53. The first-order valence-corrected chi connectivity index (χ1v) is 16.2. The van der Waals surface area contributed by atoms with Crippen LogP contribution in [0.1, 0.15) is 41.3 Å². The van der Waals surface area contributed by atoms with Crippen molar-refractivity contribution in [1.82, 2.24) is 15.1 Å². The molecule has 0 saturated carbocycles. The minimum absolute atomic E-state index is 0.157. The maximum atomic E-state index is 13.1. The van der Waals surface area contributed by atoms with Gasteiger partial charge in [0.05, 0.1) is 0 Å². The van der Waals surface area contributed by atoms with Gasteiger partial charge in [0.15, 0.2) is 0 Å². The van der Waals surface area contributed by atoms with E-state index in [2.05, 4.69) is 37.1 Å². The minimum atomic E-state index is -2.50. The molecule has 2 aromatic carbocycles. The normalized spacial score (nSPS) is 18.8. The molecule has 1 amide bonds. The molecule has 6 nitrogen and oxygen atoms in total. The number of halogens is 2. The van der Waals surface area contributed by atoms with Crippen molar-refractivity contribution in [2.45, 2.75) is 43.8 Å². The maximum absolute atomic E-state index is 13.1. The number of ether oxygens (including phenoxy) is 1. The Bertz CT molecular complexity index is 1120. The SMILES string of the molecule is CC[SH](C)(=O)c1ccc(Cl)cc1CNC(=O)c1cc(Br)cc(CN2CCN(C3CCOCC3)CC2)c1. The second-order valence-electron chi connectivity index (χ2n) is 9.88. The number of carbonyl (C=O) groups excluding carboxylic acids is 1. The van der Waals surface area contributed by atoms with Crippen LogP contribution in [0, 0.1) is 0 Å². The van der Waals surface area contributed by atoms with Crippen molar-refractivity contribution >= 4 is 43.4 Å². The monoisotopic (exact) mass is 597 g/mol. The molecule has 198 valence electrons. The van der Waals surface area contributed by atoms with Crippen molar-refractivity contribution in [2.75, 3.05) is 51.4 Å². The van der Waals surface area contributed by atoms with Crippen molar-refractivity contribution < 1.29 is 13.7 Å². The fraction of sp³-hybridized carbons (Fsp3) is 0.519. The number of hydrogen-bond acceptors (Lipinski definition) is 5. The van der Waals surface area contributed by atoms with Gasteiger partial charge in [-0.3, -0.25) is 18.8 Å². The highest BCUT2D eigenvalue weighted by Gasteiger charge is 2.25. The Morgan fingerprint density at radius 2 is 1.86 bits per heavy atom. The highest BCUT2D eigenvalue weighted by molar-refractivity contribution is 9.10. The first-order chi connectivity index (χ1) is 17.2. The Hall–Kier alpha value is -1.29. The molecule has 2 heterocycles. The Kier molecular flexibility index (Phi) is 9.63. The lowest BCUT2D eigenvalue weighted by atomic mass is 10.1. The zero-order chi connectivity index (χ0) is 25.7. The molecule has 2 aliphatic rings. The smallest absolute Gasteiger partial charge is 0.251 e. The van der Waals surface area contributed by atoms with Crippen LogP contribution in [0.3, 0.4) is 0 Å². The predicted molar refractivity (Wildman–Crippen MR) is 152 cm³/mol. The number of carbonyl (C=O) groups is 1. The molecule has 0 atom stereocenters. The first kappa shape index (κ1) is 27.7. The van der Waals surface area contributed by atoms with Crippen molar-refractivity contribution in [3.8, 4) is 0 Å². The van der Waals surface area contributed by atoms with E-state index in [4.69, 9.17) is 16.3 Å². The molecule has 2 fully saturated rings. The van der Waals surface area contributed by atoms with Gasteiger partial charge in [-0.05, 0) is 66.6 Å². The average molecular weight is 599 g/mol. The van der Waals surface area contributed by atoms with E-state index < -0.39 is 9.93 Å². The summed E-state index contributed by atoms with van der Waals surface area (Å²) >= 11 is 9.80. The lowest BCUT2D eigenvalue weighted by molar-refractivity contribution is 0.0126. The van der Waals surface area contributed by atoms with Crippen molar-refractivity contribution in [2.24, 2.45) is 0 Å². The third-order valence-corrected chi connectivity index (χ3v) is 10.7. The summed E-state index contributed by atoms with van der Waals surface area (Å²) in [6, 6.07) is 11.9. The van der Waals surface area contributed by atoms with Gasteiger partial charge in [0.1, 0.15) is 0 Å². The zero-order valence-corrected chi connectivity index (χ0v) is 24.4. The summed E-state index contributed by atoms with van der Waals surface area (Å²) < 4.78 is 19.4. The number of amides is 1. The zero-order valence-electron chi connectivity index (χ0n) is 21.1. The minimum Gasteiger partial charge on any atom is -0.381 e. The molecule has 1 N–H and O–H groups in total. The van der Waals surface area contributed by atoms with Crippen LogP contribution in [-0.4, -0.2) is 77.4 Å². The van der Waals surface area contributed by atoms with E-state index in [0.717, 1.165) is 79.3 Å². The van der Waals surface area contributed by atoms with Gasteiger partial charge in [0, 0.05) is 84.2 Å². The Morgan fingerprint density at radius 1 is 1.14 bits per heavy atom. The van der Waals surface area contributed by atoms with E-state index in [1.165, 1.54) is 0 Å². The quantitative estimate of drug-likeness (QED) is 0.443. The molecule has 0 aliphatic carbocycles. The summed E-state index contributed by atoms with van der Waals surface area (Å²) in [5.74, 6) is 0.406. The number of nitrogens with zero attached hydrogens (tertiary/aromatic N) is 2. The number of piperazine rings is 1. The molecule has 0 aromatic heterocycles. The average Bonchev–Trinajstić information content (AvgIpc) is 2.88. The summed E-state index contributed by atoms with van der Waals surface area (Å²) in [4.78, 5) is 18.9. The standard InChI is InChI=1S/C27H37BrClN3O3S/c1-3-36(2,34)26-5-4-24(29)17-22(26)18-30-27(33)21-14-20(15-23(28)16-21)19-31-8-10-32(11-9-31)25-6-12-35-13-7-25/h4-5,14-17,25,36H,3,6-13,18-19H2,1-2H3,(H,30,33). The first-order valence-electron chi connectivity index (χ1n) is 12.7.